The second-order valence-corrected chi connectivity index (χ2v) is 8.35. The summed E-state index contributed by atoms with van der Waals surface area (Å²) in [7, 11) is 0. The lowest BCUT2D eigenvalue weighted by molar-refractivity contribution is 0.399. The molecule has 0 atom stereocenters. The van der Waals surface area contributed by atoms with Gasteiger partial charge in [-0.1, -0.05) is 47.3 Å². The zero-order valence-corrected chi connectivity index (χ0v) is 17.8. The topological polar surface area (TPSA) is 102 Å². The van der Waals surface area contributed by atoms with Gasteiger partial charge in [-0.05, 0) is 44.2 Å². The van der Waals surface area contributed by atoms with Crippen LogP contribution in [0.1, 0.15) is 41.3 Å². The van der Waals surface area contributed by atoms with E-state index >= 15 is 0 Å². The molecule has 7 nitrogen and oxygen atoms in total. The van der Waals surface area contributed by atoms with Crippen LogP contribution in [0, 0.1) is 18.3 Å². The molecule has 0 N–H and O–H groups in total. The number of benzene rings is 1. The maximum absolute atomic E-state index is 9.54. The first-order valence-corrected chi connectivity index (χ1v) is 11.1. The van der Waals surface area contributed by atoms with Crippen molar-refractivity contribution in [3.63, 3.8) is 0 Å². The van der Waals surface area contributed by atoms with Crippen molar-refractivity contribution >= 4 is 11.8 Å². The van der Waals surface area contributed by atoms with E-state index in [-0.39, 0.29) is 0 Å². The van der Waals surface area contributed by atoms with E-state index in [1.54, 1.807) is 0 Å². The summed E-state index contributed by atoms with van der Waals surface area (Å²) in [6, 6.07) is 14.0. The Morgan fingerprint density at radius 3 is 2.81 bits per heavy atom. The SMILES string of the molecule is Cc1onc(-c2ccccc2)c1-c1nnc(CSc2nc3c(cc2C#N)CCCC3)o1. The molecule has 1 aliphatic rings. The Kier molecular flexibility index (Phi) is 5.26. The number of aryl methyl sites for hydroxylation is 3. The number of nitriles is 1. The van der Waals surface area contributed by atoms with E-state index in [1.165, 1.54) is 17.3 Å². The fourth-order valence-electron chi connectivity index (χ4n) is 3.76. The zero-order chi connectivity index (χ0) is 21.2. The maximum Gasteiger partial charge on any atom is 0.253 e. The minimum atomic E-state index is 0.368. The van der Waals surface area contributed by atoms with Crippen LogP contribution in [0.5, 0.6) is 0 Å². The molecule has 0 bridgehead atoms. The molecule has 3 aromatic heterocycles. The minimum absolute atomic E-state index is 0.368. The van der Waals surface area contributed by atoms with Crippen LogP contribution in [0.3, 0.4) is 0 Å². The highest BCUT2D eigenvalue weighted by molar-refractivity contribution is 7.98. The zero-order valence-electron chi connectivity index (χ0n) is 17.0. The molecule has 4 aromatic rings. The van der Waals surface area contributed by atoms with Gasteiger partial charge in [0.2, 0.25) is 5.89 Å². The van der Waals surface area contributed by atoms with Crippen molar-refractivity contribution < 1.29 is 8.94 Å². The highest BCUT2D eigenvalue weighted by atomic mass is 32.2. The van der Waals surface area contributed by atoms with Crippen LogP contribution in [0.4, 0.5) is 0 Å². The van der Waals surface area contributed by atoms with Crippen LogP contribution < -0.4 is 0 Å². The first kappa shape index (κ1) is 19.5. The summed E-state index contributed by atoms with van der Waals surface area (Å²) >= 11 is 1.44. The Bertz CT molecular complexity index is 1270. The van der Waals surface area contributed by atoms with Gasteiger partial charge < -0.3 is 8.94 Å². The van der Waals surface area contributed by atoms with E-state index in [1.807, 2.05) is 43.3 Å². The van der Waals surface area contributed by atoms with Crippen LogP contribution >= 0.6 is 11.8 Å². The smallest absolute Gasteiger partial charge is 0.253 e. The number of thioether (sulfide) groups is 1. The molecule has 0 spiro atoms. The molecule has 0 aliphatic heterocycles. The molecule has 0 radical (unpaired) electrons. The lowest BCUT2D eigenvalue weighted by atomic mass is 9.95. The summed E-state index contributed by atoms with van der Waals surface area (Å²) in [4.78, 5) is 4.75. The maximum atomic E-state index is 9.54. The van der Waals surface area contributed by atoms with Gasteiger partial charge in [-0.3, -0.25) is 0 Å². The fourth-order valence-corrected chi connectivity index (χ4v) is 4.58. The van der Waals surface area contributed by atoms with Crippen LogP contribution in [0.15, 0.2) is 50.4 Å². The second kappa shape index (κ2) is 8.36. The van der Waals surface area contributed by atoms with Gasteiger partial charge in [0.25, 0.3) is 5.89 Å². The molecule has 3 heterocycles. The Morgan fingerprint density at radius 2 is 1.97 bits per heavy atom. The average molecular weight is 430 g/mol. The number of aromatic nitrogens is 4. The van der Waals surface area contributed by atoms with Crippen molar-refractivity contribution in [3.05, 3.63) is 64.9 Å². The molecule has 5 rings (SSSR count). The van der Waals surface area contributed by atoms with Gasteiger partial charge in [-0.15, -0.1) is 10.2 Å². The van der Waals surface area contributed by atoms with Crippen LogP contribution in [-0.4, -0.2) is 20.3 Å². The van der Waals surface area contributed by atoms with E-state index in [9.17, 15) is 5.26 Å². The monoisotopic (exact) mass is 429 g/mol. The number of pyridine rings is 1. The summed E-state index contributed by atoms with van der Waals surface area (Å²) in [5, 5.41) is 22.8. The van der Waals surface area contributed by atoms with Gasteiger partial charge in [0.1, 0.15) is 28.1 Å². The first-order valence-electron chi connectivity index (χ1n) is 10.1. The van der Waals surface area contributed by atoms with Gasteiger partial charge >= 0.3 is 0 Å². The number of hydrogen-bond donors (Lipinski definition) is 0. The minimum Gasteiger partial charge on any atom is -0.420 e. The van der Waals surface area contributed by atoms with E-state index in [2.05, 4.69) is 21.4 Å². The molecule has 0 saturated heterocycles. The first-order chi connectivity index (χ1) is 15.2. The third-order valence-corrected chi connectivity index (χ3v) is 6.29. The average Bonchev–Trinajstić information content (AvgIpc) is 3.43. The molecule has 0 unspecified atom stereocenters. The van der Waals surface area contributed by atoms with Gasteiger partial charge in [-0.25, -0.2) is 4.98 Å². The summed E-state index contributed by atoms with van der Waals surface area (Å²) in [6.07, 6.45) is 4.26. The van der Waals surface area contributed by atoms with E-state index in [0.717, 1.165) is 36.9 Å². The summed E-state index contributed by atoms with van der Waals surface area (Å²) < 4.78 is 11.3. The third-order valence-electron chi connectivity index (χ3n) is 5.31. The largest absolute Gasteiger partial charge is 0.420 e. The molecule has 0 saturated carbocycles. The molecule has 0 fully saturated rings. The van der Waals surface area contributed by atoms with Crippen molar-refractivity contribution in [3.8, 4) is 28.8 Å². The van der Waals surface area contributed by atoms with Crippen molar-refractivity contribution in [2.45, 2.75) is 43.4 Å². The number of hydrogen-bond acceptors (Lipinski definition) is 8. The molecule has 1 aliphatic carbocycles. The Hall–Kier alpha value is -3.44. The highest BCUT2D eigenvalue weighted by Gasteiger charge is 2.22. The molecule has 31 heavy (non-hydrogen) atoms. The Morgan fingerprint density at radius 1 is 1.13 bits per heavy atom. The Labute approximate surface area is 183 Å². The molecule has 1 aromatic carbocycles. The third kappa shape index (κ3) is 3.84. The molecule has 154 valence electrons. The van der Waals surface area contributed by atoms with Gasteiger partial charge in [0, 0.05) is 11.3 Å². The van der Waals surface area contributed by atoms with Crippen molar-refractivity contribution in [1.29, 1.82) is 5.26 Å². The predicted molar refractivity (Wildman–Crippen MR) is 115 cm³/mol. The molecular formula is C23H19N5O2S. The van der Waals surface area contributed by atoms with Crippen LogP contribution in [0.25, 0.3) is 22.7 Å². The van der Waals surface area contributed by atoms with Gasteiger partial charge in [0.15, 0.2) is 0 Å². The number of nitrogens with zero attached hydrogens (tertiary/aromatic N) is 5. The van der Waals surface area contributed by atoms with Gasteiger partial charge in [-0.2, -0.15) is 5.26 Å². The van der Waals surface area contributed by atoms with Crippen molar-refractivity contribution in [2.24, 2.45) is 0 Å². The van der Waals surface area contributed by atoms with E-state index in [0.29, 0.717) is 45.1 Å². The predicted octanol–water partition coefficient (Wildman–Crippen LogP) is 5.14. The summed E-state index contributed by atoms with van der Waals surface area (Å²) in [6.45, 7) is 1.82. The lowest BCUT2D eigenvalue weighted by Crippen LogP contribution is -2.07. The van der Waals surface area contributed by atoms with Crippen LogP contribution in [-0.2, 0) is 18.6 Å². The van der Waals surface area contributed by atoms with Crippen LogP contribution in [0.2, 0.25) is 0 Å². The molecular weight excluding hydrogens is 410 g/mol. The highest BCUT2D eigenvalue weighted by Crippen LogP contribution is 2.34. The normalized spacial score (nSPS) is 13.0. The molecule has 8 heteroatoms. The molecule has 0 amide bonds. The Balaban J connectivity index is 1.39. The fraction of sp³-hybridized carbons (Fsp3) is 0.261. The lowest BCUT2D eigenvalue weighted by Gasteiger charge is -2.16. The number of rotatable bonds is 5. The van der Waals surface area contributed by atoms with E-state index < -0.39 is 0 Å². The summed E-state index contributed by atoms with van der Waals surface area (Å²) in [5.74, 6) is 1.87. The van der Waals surface area contributed by atoms with Crippen molar-refractivity contribution in [1.82, 2.24) is 20.3 Å². The standard InChI is InChI=1S/C23H19N5O2S/c1-14-20(21(28-30-14)15-7-3-2-4-8-15)22-27-26-19(29-22)13-31-23-17(12-24)11-16-9-5-6-10-18(16)25-23/h2-4,7-8,11H,5-6,9-10,13H2,1H3. The van der Waals surface area contributed by atoms with Gasteiger partial charge in [0.05, 0.1) is 11.3 Å². The number of fused-ring (bicyclic) bond motifs is 1. The second-order valence-electron chi connectivity index (χ2n) is 7.38. The van der Waals surface area contributed by atoms with E-state index in [4.69, 9.17) is 13.9 Å². The summed E-state index contributed by atoms with van der Waals surface area (Å²) in [5.41, 5.74) is 5.19. The quantitative estimate of drug-likeness (QED) is 0.402. The van der Waals surface area contributed by atoms with Crippen molar-refractivity contribution in [2.75, 3.05) is 0 Å².